The zero-order valence-electron chi connectivity index (χ0n) is 10.8. The van der Waals surface area contributed by atoms with Crippen LogP contribution in [0.2, 0.25) is 0 Å². The predicted octanol–water partition coefficient (Wildman–Crippen LogP) is 1.28. The first-order chi connectivity index (χ1) is 9.11. The fraction of sp³-hybridized carbons (Fsp3) is 0.167. The number of thiazole rings is 1. The number of hydrogen-bond donors (Lipinski definition) is 3. The molecular formula is C12H16N6S. The SMILES string of the molecule is CNc1nc(-c2ccccc2)c(/C(N)=N/N(C)N)s1. The molecule has 0 saturated carbocycles. The topological polar surface area (TPSA) is 92.6 Å². The largest absolute Gasteiger partial charge is 0.381 e. The maximum atomic E-state index is 5.97. The fourth-order valence-corrected chi connectivity index (χ4v) is 2.45. The van der Waals surface area contributed by atoms with E-state index in [1.807, 2.05) is 37.4 Å². The van der Waals surface area contributed by atoms with Crippen molar-refractivity contribution in [3.8, 4) is 11.3 Å². The lowest BCUT2D eigenvalue weighted by molar-refractivity contribution is 0.372. The summed E-state index contributed by atoms with van der Waals surface area (Å²) in [5, 5.41) is 9.01. The van der Waals surface area contributed by atoms with E-state index in [1.165, 1.54) is 16.5 Å². The zero-order valence-corrected chi connectivity index (χ0v) is 11.6. The lowest BCUT2D eigenvalue weighted by Gasteiger charge is -2.06. The second-order valence-corrected chi connectivity index (χ2v) is 4.87. The van der Waals surface area contributed by atoms with E-state index in [0.717, 1.165) is 21.3 Å². The van der Waals surface area contributed by atoms with Crippen LogP contribution in [0.15, 0.2) is 35.4 Å². The van der Waals surface area contributed by atoms with Crippen LogP contribution in [0.1, 0.15) is 4.88 Å². The summed E-state index contributed by atoms with van der Waals surface area (Å²) in [4.78, 5) is 5.31. The number of benzene rings is 1. The van der Waals surface area contributed by atoms with Gasteiger partial charge >= 0.3 is 0 Å². The summed E-state index contributed by atoms with van der Waals surface area (Å²) in [7, 11) is 3.44. The summed E-state index contributed by atoms with van der Waals surface area (Å²) < 4.78 is 0. The van der Waals surface area contributed by atoms with E-state index in [9.17, 15) is 0 Å². The Morgan fingerprint density at radius 1 is 1.37 bits per heavy atom. The van der Waals surface area contributed by atoms with Crippen LogP contribution in [-0.4, -0.2) is 30.0 Å². The minimum absolute atomic E-state index is 0.350. The molecule has 1 aromatic carbocycles. The van der Waals surface area contributed by atoms with Crippen LogP contribution in [0.4, 0.5) is 5.13 Å². The average Bonchev–Trinajstić information content (AvgIpc) is 2.83. The van der Waals surface area contributed by atoms with Gasteiger partial charge in [-0.3, -0.25) is 0 Å². The van der Waals surface area contributed by atoms with Gasteiger partial charge in [0.15, 0.2) is 11.0 Å². The minimum atomic E-state index is 0.350. The van der Waals surface area contributed by atoms with Gasteiger partial charge in [-0.2, -0.15) is 0 Å². The summed E-state index contributed by atoms with van der Waals surface area (Å²) in [6.07, 6.45) is 0. The Hall–Kier alpha value is -2.12. The lowest BCUT2D eigenvalue weighted by Crippen LogP contribution is -2.25. The smallest absolute Gasteiger partial charge is 0.183 e. The molecule has 0 aliphatic heterocycles. The number of hydrazone groups is 1. The maximum Gasteiger partial charge on any atom is 0.183 e. The van der Waals surface area contributed by atoms with Crippen molar-refractivity contribution in [2.24, 2.45) is 16.7 Å². The number of nitrogens with zero attached hydrogens (tertiary/aromatic N) is 3. The molecule has 2 aromatic rings. The van der Waals surface area contributed by atoms with Gasteiger partial charge in [0.1, 0.15) is 4.88 Å². The number of anilines is 1. The summed E-state index contributed by atoms with van der Waals surface area (Å²) in [6.45, 7) is 0. The first kappa shape index (κ1) is 13.3. The number of hydrazine groups is 1. The van der Waals surface area contributed by atoms with Gasteiger partial charge in [0, 0.05) is 19.7 Å². The molecule has 19 heavy (non-hydrogen) atoms. The number of amidine groups is 1. The third kappa shape index (κ3) is 3.01. The molecule has 6 nitrogen and oxygen atoms in total. The van der Waals surface area contributed by atoms with E-state index in [4.69, 9.17) is 11.6 Å². The molecule has 0 unspecified atom stereocenters. The minimum Gasteiger partial charge on any atom is -0.381 e. The zero-order chi connectivity index (χ0) is 13.8. The quantitative estimate of drug-likeness (QED) is 0.338. The van der Waals surface area contributed by atoms with Crippen molar-refractivity contribution in [1.82, 2.24) is 10.1 Å². The maximum absolute atomic E-state index is 5.97. The summed E-state index contributed by atoms with van der Waals surface area (Å²) in [6, 6.07) is 9.84. The number of nitrogens with one attached hydrogen (secondary N) is 1. The third-order valence-electron chi connectivity index (χ3n) is 2.39. The van der Waals surface area contributed by atoms with E-state index >= 15 is 0 Å². The van der Waals surface area contributed by atoms with Crippen molar-refractivity contribution in [1.29, 1.82) is 0 Å². The second kappa shape index (κ2) is 5.68. The first-order valence-electron chi connectivity index (χ1n) is 5.68. The molecule has 0 atom stereocenters. The van der Waals surface area contributed by atoms with Crippen molar-refractivity contribution >= 4 is 22.3 Å². The van der Waals surface area contributed by atoms with Gasteiger partial charge in [-0.25, -0.2) is 15.9 Å². The Bertz CT molecular complexity index is 575. The molecule has 100 valence electrons. The average molecular weight is 276 g/mol. The first-order valence-corrected chi connectivity index (χ1v) is 6.50. The van der Waals surface area contributed by atoms with Crippen LogP contribution < -0.4 is 16.9 Å². The highest BCUT2D eigenvalue weighted by Crippen LogP contribution is 2.30. The molecule has 7 heteroatoms. The predicted molar refractivity (Wildman–Crippen MR) is 79.8 cm³/mol. The Kier molecular flexibility index (Phi) is 3.98. The van der Waals surface area contributed by atoms with E-state index in [1.54, 1.807) is 7.05 Å². The van der Waals surface area contributed by atoms with E-state index in [-0.39, 0.29) is 0 Å². The molecule has 0 spiro atoms. The normalized spacial score (nSPS) is 11.4. The number of rotatable bonds is 4. The van der Waals surface area contributed by atoms with E-state index < -0.39 is 0 Å². The lowest BCUT2D eigenvalue weighted by atomic mass is 10.1. The standard InChI is InChI=1S/C12H16N6S/c1-15-12-16-9(8-6-4-3-5-7-8)10(19-12)11(13)17-18(2)14/h3-7H,14H2,1-2H3,(H2,13,17)(H,15,16). The second-order valence-electron chi connectivity index (χ2n) is 3.87. The molecule has 5 N–H and O–H groups in total. The van der Waals surface area contributed by atoms with Crippen molar-refractivity contribution in [2.75, 3.05) is 19.4 Å². The van der Waals surface area contributed by atoms with Gasteiger partial charge < -0.3 is 11.1 Å². The molecule has 1 aromatic heterocycles. The molecular weight excluding hydrogens is 260 g/mol. The van der Waals surface area contributed by atoms with Crippen LogP contribution in [0.5, 0.6) is 0 Å². The number of nitrogens with two attached hydrogens (primary N) is 2. The Labute approximate surface area is 115 Å². The molecule has 0 amide bonds. The van der Waals surface area contributed by atoms with E-state index in [2.05, 4.69) is 15.4 Å². The van der Waals surface area contributed by atoms with Gasteiger partial charge in [-0.15, -0.1) is 5.10 Å². The summed E-state index contributed by atoms with van der Waals surface area (Å²) in [5.74, 6) is 5.84. The van der Waals surface area contributed by atoms with Crippen LogP contribution in [0.25, 0.3) is 11.3 Å². The molecule has 0 saturated heterocycles. The van der Waals surface area contributed by atoms with Crippen LogP contribution in [0, 0.1) is 0 Å². The molecule has 2 rings (SSSR count). The Balaban J connectivity index is 2.52. The molecule has 0 bridgehead atoms. The van der Waals surface area contributed by atoms with E-state index in [0.29, 0.717) is 5.84 Å². The Morgan fingerprint density at radius 2 is 2.05 bits per heavy atom. The van der Waals surface area contributed by atoms with Gasteiger partial charge in [0.05, 0.1) is 5.69 Å². The van der Waals surface area contributed by atoms with Crippen molar-refractivity contribution in [3.05, 3.63) is 35.2 Å². The summed E-state index contributed by atoms with van der Waals surface area (Å²) in [5.41, 5.74) is 7.77. The van der Waals surface area contributed by atoms with Crippen LogP contribution >= 0.6 is 11.3 Å². The van der Waals surface area contributed by atoms with Gasteiger partial charge in [0.25, 0.3) is 0 Å². The van der Waals surface area contributed by atoms with Gasteiger partial charge in [-0.05, 0) is 0 Å². The highest BCUT2D eigenvalue weighted by atomic mass is 32.1. The van der Waals surface area contributed by atoms with Gasteiger partial charge in [-0.1, -0.05) is 41.7 Å². The fourth-order valence-electron chi connectivity index (χ4n) is 1.61. The molecule has 1 heterocycles. The van der Waals surface area contributed by atoms with Crippen LogP contribution in [0.3, 0.4) is 0 Å². The molecule has 0 radical (unpaired) electrons. The summed E-state index contributed by atoms with van der Waals surface area (Å²) >= 11 is 1.44. The van der Waals surface area contributed by atoms with Crippen molar-refractivity contribution in [2.45, 2.75) is 0 Å². The van der Waals surface area contributed by atoms with Gasteiger partial charge in [0.2, 0.25) is 0 Å². The van der Waals surface area contributed by atoms with Crippen LogP contribution in [-0.2, 0) is 0 Å². The Morgan fingerprint density at radius 3 is 2.63 bits per heavy atom. The van der Waals surface area contributed by atoms with Crippen molar-refractivity contribution < 1.29 is 0 Å². The molecule has 0 fully saturated rings. The van der Waals surface area contributed by atoms with Crippen molar-refractivity contribution in [3.63, 3.8) is 0 Å². The highest BCUT2D eigenvalue weighted by molar-refractivity contribution is 7.18. The number of hydrogen-bond acceptors (Lipinski definition) is 6. The molecule has 0 aliphatic carbocycles. The number of aromatic nitrogens is 1. The highest BCUT2D eigenvalue weighted by Gasteiger charge is 2.15. The molecule has 0 aliphatic rings. The third-order valence-corrected chi connectivity index (χ3v) is 3.48. The monoisotopic (exact) mass is 276 g/mol.